The molecule has 0 unspecified atom stereocenters. The van der Waals surface area contributed by atoms with Crippen LogP contribution in [0.15, 0.2) is 24.3 Å². The first-order valence-corrected chi connectivity index (χ1v) is 13.0. The summed E-state index contributed by atoms with van der Waals surface area (Å²) in [6.07, 6.45) is 8.70. The summed E-state index contributed by atoms with van der Waals surface area (Å²) in [5.74, 6) is -8.36. The van der Waals surface area contributed by atoms with Gasteiger partial charge >= 0.3 is 18.0 Å². The molecular formula is C27H37F7O. The predicted molar refractivity (Wildman–Crippen MR) is 122 cm³/mol. The van der Waals surface area contributed by atoms with Gasteiger partial charge < -0.3 is 4.74 Å². The van der Waals surface area contributed by atoms with E-state index in [4.69, 9.17) is 0 Å². The molecule has 0 aliphatic heterocycles. The van der Waals surface area contributed by atoms with Crippen LogP contribution in [0.4, 0.5) is 30.7 Å². The fourth-order valence-corrected chi connectivity index (χ4v) is 5.90. The van der Waals surface area contributed by atoms with Crippen LogP contribution < -0.4 is 4.74 Å². The highest BCUT2D eigenvalue weighted by Crippen LogP contribution is 2.47. The summed E-state index contributed by atoms with van der Waals surface area (Å²) in [6, 6.07) is 5.97. The van der Waals surface area contributed by atoms with Gasteiger partial charge in [0, 0.05) is 0 Å². The Balaban J connectivity index is 1.38. The molecule has 2 fully saturated rings. The highest BCUT2D eigenvalue weighted by Gasteiger charge is 2.73. The Morgan fingerprint density at radius 2 is 1.20 bits per heavy atom. The molecule has 0 bridgehead atoms. The smallest absolute Gasteiger partial charge is 0.460 e. The molecule has 1 aromatic rings. The second-order valence-corrected chi connectivity index (χ2v) is 10.6. The Bertz CT molecular complexity index is 759. The average molecular weight is 511 g/mol. The van der Waals surface area contributed by atoms with Gasteiger partial charge in [-0.25, -0.2) is 0 Å². The quantitative estimate of drug-likeness (QED) is 0.285. The van der Waals surface area contributed by atoms with E-state index >= 15 is 0 Å². The number of halogens is 7. The summed E-state index contributed by atoms with van der Waals surface area (Å²) < 4.78 is 93.9. The van der Waals surface area contributed by atoms with E-state index in [0.29, 0.717) is 5.92 Å². The lowest BCUT2D eigenvalue weighted by molar-refractivity contribution is -0.358. The molecule has 0 atom stereocenters. The van der Waals surface area contributed by atoms with Crippen molar-refractivity contribution in [1.29, 1.82) is 0 Å². The second kappa shape index (κ2) is 11.7. The molecule has 0 saturated heterocycles. The van der Waals surface area contributed by atoms with Crippen molar-refractivity contribution in [2.24, 2.45) is 23.7 Å². The highest BCUT2D eigenvalue weighted by atomic mass is 19.4. The van der Waals surface area contributed by atoms with Gasteiger partial charge in [0.25, 0.3) is 0 Å². The summed E-state index contributed by atoms with van der Waals surface area (Å²) >= 11 is 0. The van der Waals surface area contributed by atoms with Crippen LogP contribution in [0, 0.1) is 23.7 Å². The number of rotatable bonds is 10. The molecule has 0 spiro atoms. The van der Waals surface area contributed by atoms with Crippen molar-refractivity contribution in [1.82, 2.24) is 0 Å². The lowest BCUT2D eigenvalue weighted by Crippen LogP contribution is -2.54. The zero-order valence-electron chi connectivity index (χ0n) is 20.4. The Morgan fingerprint density at radius 1 is 0.714 bits per heavy atom. The van der Waals surface area contributed by atoms with Gasteiger partial charge in [0.15, 0.2) is 6.61 Å². The number of aryl methyl sites for hydroxylation is 1. The molecule has 0 amide bonds. The monoisotopic (exact) mass is 510 g/mol. The minimum atomic E-state index is -6.35. The maximum Gasteiger partial charge on any atom is 0.460 e. The van der Waals surface area contributed by atoms with Crippen molar-refractivity contribution in [3.8, 4) is 5.75 Å². The van der Waals surface area contributed by atoms with E-state index in [9.17, 15) is 30.7 Å². The van der Waals surface area contributed by atoms with E-state index in [2.05, 4.69) is 11.7 Å². The molecule has 200 valence electrons. The fourth-order valence-electron chi connectivity index (χ4n) is 5.90. The number of ether oxygens (including phenoxy) is 1. The fraction of sp³-hybridized carbons (Fsp3) is 0.778. The summed E-state index contributed by atoms with van der Waals surface area (Å²) in [6.45, 7) is 0.214. The van der Waals surface area contributed by atoms with Gasteiger partial charge in [0.1, 0.15) is 5.75 Å². The summed E-state index contributed by atoms with van der Waals surface area (Å²) in [5, 5.41) is 0. The van der Waals surface area contributed by atoms with Crippen molar-refractivity contribution in [2.45, 2.75) is 102 Å². The molecule has 1 nitrogen and oxygen atoms in total. The number of hydrogen-bond donors (Lipinski definition) is 0. The lowest BCUT2D eigenvalue weighted by atomic mass is 9.68. The first kappa shape index (κ1) is 28.1. The lowest BCUT2D eigenvalue weighted by Gasteiger charge is -2.38. The average Bonchev–Trinajstić information content (AvgIpc) is 2.82. The van der Waals surface area contributed by atoms with Crippen LogP contribution in [-0.4, -0.2) is 24.6 Å². The molecule has 0 aromatic heterocycles. The first-order valence-electron chi connectivity index (χ1n) is 13.0. The largest absolute Gasteiger partial charge is 0.487 e. The van der Waals surface area contributed by atoms with Gasteiger partial charge in [-0.2, -0.15) is 30.7 Å². The molecule has 0 N–H and O–H groups in total. The minimum Gasteiger partial charge on any atom is -0.487 e. The molecular weight excluding hydrogens is 473 g/mol. The molecule has 2 aliphatic rings. The third kappa shape index (κ3) is 7.28. The third-order valence-corrected chi connectivity index (χ3v) is 8.15. The zero-order valence-corrected chi connectivity index (χ0v) is 20.4. The van der Waals surface area contributed by atoms with Crippen molar-refractivity contribution in [3.05, 3.63) is 29.8 Å². The van der Waals surface area contributed by atoms with Crippen LogP contribution in [0.3, 0.4) is 0 Å². The molecule has 2 aliphatic carbocycles. The van der Waals surface area contributed by atoms with Gasteiger partial charge in [0.2, 0.25) is 0 Å². The van der Waals surface area contributed by atoms with Gasteiger partial charge in [0.05, 0.1) is 0 Å². The number of hydrogen-bond acceptors (Lipinski definition) is 1. The van der Waals surface area contributed by atoms with Crippen LogP contribution >= 0.6 is 0 Å². The van der Waals surface area contributed by atoms with Gasteiger partial charge in [-0.3, -0.25) is 0 Å². The maximum atomic E-state index is 13.4. The van der Waals surface area contributed by atoms with Crippen molar-refractivity contribution < 1.29 is 35.5 Å². The molecule has 0 heterocycles. The molecule has 3 rings (SSSR count). The normalized spacial score (nSPS) is 26.5. The highest BCUT2D eigenvalue weighted by molar-refractivity contribution is 5.27. The van der Waals surface area contributed by atoms with E-state index < -0.39 is 24.6 Å². The topological polar surface area (TPSA) is 9.23 Å². The van der Waals surface area contributed by atoms with Crippen LogP contribution in [0.5, 0.6) is 5.75 Å². The summed E-state index contributed by atoms with van der Waals surface area (Å²) in [4.78, 5) is 0. The van der Waals surface area contributed by atoms with Crippen LogP contribution in [0.1, 0.15) is 83.1 Å². The first-order chi connectivity index (χ1) is 16.4. The van der Waals surface area contributed by atoms with Gasteiger partial charge in [-0.1, -0.05) is 57.6 Å². The minimum absolute atomic E-state index is 0.166. The molecule has 0 radical (unpaired) electrons. The Morgan fingerprint density at radius 3 is 1.66 bits per heavy atom. The van der Waals surface area contributed by atoms with E-state index in [1.165, 1.54) is 76.3 Å². The predicted octanol–water partition coefficient (Wildman–Crippen LogP) is 9.24. The standard InChI is InChI=1S/C27H37F7O/c1-2-3-19-6-12-22(13-7-19)23-14-8-20(9-15-23)4-5-21-10-16-24(17-11-21)35-18-25(28,29)26(30,31)27(32,33)34/h10-11,16-17,19-20,22-23H,2-9,12-15,18H2,1H3. The SMILES string of the molecule is CCCC1CCC(C2CCC(CCc3ccc(OCC(F)(F)C(F)(F)C(F)(F)F)cc3)CC2)CC1. The number of benzene rings is 1. The van der Waals surface area contributed by atoms with E-state index in [1.54, 1.807) is 12.1 Å². The van der Waals surface area contributed by atoms with Crippen molar-refractivity contribution in [2.75, 3.05) is 6.61 Å². The van der Waals surface area contributed by atoms with E-state index in [-0.39, 0.29) is 5.75 Å². The van der Waals surface area contributed by atoms with Crippen LogP contribution in [0.25, 0.3) is 0 Å². The summed E-state index contributed by atoms with van der Waals surface area (Å²) in [5.41, 5.74) is 0.959. The zero-order chi connectivity index (χ0) is 25.7. The maximum absolute atomic E-state index is 13.4. The van der Waals surface area contributed by atoms with Gasteiger partial charge in [-0.15, -0.1) is 0 Å². The molecule has 2 saturated carbocycles. The van der Waals surface area contributed by atoms with E-state index in [0.717, 1.165) is 36.2 Å². The Labute approximate surface area is 203 Å². The number of alkyl halides is 7. The second-order valence-electron chi connectivity index (χ2n) is 10.6. The van der Waals surface area contributed by atoms with Crippen LogP contribution in [0.2, 0.25) is 0 Å². The van der Waals surface area contributed by atoms with Crippen molar-refractivity contribution >= 4 is 0 Å². The Hall–Kier alpha value is -1.47. The van der Waals surface area contributed by atoms with Crippen LogP contribution in [-0.2, 0) is 6.42 Å². The molecule has 35 heavy (non-hydrogen) atoms. The summed E-state index contributed by atoms with van der Waals surface area (Å²) in [7, 11) is 0. The van der Waals surface area contributed by atoms with E-state index in [1.807, 2.05) is 0 Å². The van der Waals surface area contributed by atoms with Gasteiger partial charge in [-0.05, 0) is 79.9 Å². The third-order valence-electron chi connectivity index (χ3n) is 8.15. The van der Waals surface area contributed by atoms with Crippen molar-refractivity contribution in [3.63, 3.8) is 0 Å². The molecule has 8 heteroatoms. The Kier molecular flexibility index (Phi) is 9.41. The molecule has 1 aromatic carbocycles.